The lowest BCUT2D eigenvalue weighted by molar-refractivity contribution is -0.131. The highest BCUT2D eigenvalue weighted by atomic mass is 16.3. The highest BCUT2D eigenvalue weighted by molar-refractivity contribution is 5.82. The Morgan fingerprint density at radius 1 is 1.71 bits per heavy atom. The summed E-state index contributed by atoms with van der Waals surface area (Å²) in [5, 5.41) is 12.3. The molecule has 0 spiro atoms. The summed E-state index contributed by atoms with van der Waals surface area (Å²) in [7, 11) is 1.75. The summed E-state index contributed by atoms with van der Waals surface area (Å²) in [5.74, 6) is 0.0320. The molecule has 80 valence electrons. The molecule has 0 bridgehead atoms. The Labute approximate surface area is 84.6 Å². The zero-order valence-corrected chi connectivity index (χ0v) is 8.79. The Hall–Kier alpha value is -0.870. The van der Waals surface area contributed by atoms with Crippen molar-refractivity contribution in [3.8, 4) is 0 Å². The molecule has 1 aliphatic heterocycles. The first-order valence-electron chi connectivity index (χ1n) is 4.81. The Balaban J connectivity index is 2.44. The molecule has 2 unspecified atom stereocenters. The van der Waals surface area contributed by atoms with Crippen LogP contribution in [0.4, 0.5) is 0 Å². The van der Waals surface area contributed by atoms with Crippen LogP contribution in [0.1, 0.15) is 13.3 Å². The number of carbonyl (C=O) groups excluding carboxylic acids is 1. The van der Waals surface area contributed by atoms with Gasteiger partial charge in [-0.1, -0.05) is 12.2 Å². The Bertz CT molecular complexity index is 240. The van der Waals surface area contributed by atoms with Crippen molar-refractivity contribution in [2.24, 2.45) is 0 Å². The van der Waals surface area contributed by atoms with Gasteiger partial charge >= 0.3 is 0 Å². The molecule has 14 heavy (non-hydrogen) atoms. The molecule has 0 saturated carbocycles. The van der Waals surface area contributed by atoms with E-state index in [0.717, 1.165) is 5.57 Å². The Morgan fingerprint density at radius 2 is 2.36 bits per heavy atom. The summed E-state index contributed by atoms with van der Waals surface area (Å²) >= 11 is 0. The molecule has 1 aliphatic rings. The molecule has 0 aliphatic carbocycles. The lowest BCUT2D eigenvalue weighted by Crippen LogP contribution is -2.42. The van der Waals surface area contributed by atoms with E-state index in [-0.39, 0.29) is 18.1 Å². The minimum Gasteiger partial charge on any atom is -0.392 e. The number of likely N-dealkylation sites (N-methyl/N-ethyl adjacent to an activating group) is 1. The molecule has 4 heteroatoms. The first-order valence-corrected chi connectivity index (χ1v) is 4.81. The van der Waals surface area contributed by atoms with Crippen molar-refractivity contribution < 1.29 is 9.90 Å². The summed E-state index contributed by atoms with van der Waals surface area (Å²) < 4.78 is 0. The predicted molar refractivity (Wildman–Crippen MR) is 54.9 cm³/mol. The van der Waals surface area contributed by atoms with Gasteiger partial charge in [-0.25, -0.2) is 0 Å². The number of β-amino-alcohol motifs (C(OH)–C–C–N with tert-alkyl or cyclic N) is 1. The Kier molecular flexibility index (Phi) is 3.66. The summed E-state index contributed by atoms with van der Waals surface area (Å²) in [6, 6.07) is -0.227. The molecule has 2 atom stereocenters. The third kappa shape index (κ3) is 2.82. The predicted octanol–water partition coefficient (Wildman–Crippen LogP) is -0.256. The topological polar surface area (TPSA) is 52.6 Å². The standard InChI is InChI=1S/C10H18N2O2/c1-7(2)6-12(3)10(14)9-4-8(13)5-11-9/h8-9,11,13H,1,4-6H2,2-3H3. The molecular formula is C10H18N2O2. The van der Waals surface area contributed by atoms with Gasteiger partial charge < -0.3 is 15.3 Å². The fourth-order valence-electron chi connectivity index (χ4n) is 1.65. The van der Waals surface area contributed by atoms with Gasteiger partial charge in [0.2, 0.25) is 5.91 Å². The van der Waals surface area contributed by atoms with Gasteiger partial charge in [0.1, 0.15) is 0 Å². The second kappa shape index (κ2) is 4.57. The number of nitrogens with one attached hydrogen (secondary N) is 1. The number of hydrogen-bond acceptors (Lipinski definition) is 3. The molecule has 0 radical (unpaired) electrons. The van der Waals surface area contributed by atoms with Crippen molar-refractivity contribution >= 4 is 5.91 Å². The molecule has 2 N–H and O–H groups in total. The van der Waals surface area contributed by atoms with Crippen molar-refractivity contribution in [3.63, 3.8) is 0 Å². The van der Waals surface area contributed by atoms with E-state index in [9.17, 15) is 9.90 Å². The molecular weight excluding hydrogens is 180 g/mol. The second-order valence-electron chi connectivity index (χ2n) is 4.00. The highest BCUT2D eigenvalue weighted by Crippen LogP contribution is 2.09. The Morgan fingerprint density at radius 3 is 2.79 bits per heavy atom. The van der Waals surface area contributed by atoms with Crippen LogP contribution in [0.2, 0.25) is 0 Å². The maximum Gasteiger partial charge on any atom is 0.239 e. The van der Waals surface area contributed by atoms with Crippen LogP contribution in [0.25, 0.3) is 0 Å². The maximum atomic E-state index is 11.7. The quantitative estimate of drug-likeness (QED) is 0.615. The fraction of sp³-hybridized carbons (Fsp3) is 0.700. The molecule has 0 aromatic heterocycles. The molecule has 4 nitrogen and oxygen atoms in total. The molecule has 1 rings (SSSR count). The zero-order chi connectivity index (χ0) is 10.7. The SMILES string of the molecule is C=C(C)CN(C)C(=O)C1CC(O)CN1. The van der Waals surface area contributed by atoms with Crippen LogP contribution in [0, 0.1) is 0 Å². The van der Waals surface area contributed by atoms with Gasteiger partial charge in [-0.05, 0) is 13.3 Å². The van der Waals surface area contributed by atoms with Crippen molar-refractivity contribution in [2.45, 2.75) is 25.5 Å². The van der Waals surface area contributed by atoms with Gasteiger partial charge in [0.05, 0.1) is 12.1 Å². The molecule has 0 aromatic rings. The summed E-state index contributed by atoms with van der Waals surface area (Å²) in [5.41, 5.74) is 0.958. The number of rotatable bonds is 3. The van der Waals surface area contributed by atoms with E-state index in [0.29, 0.717) is 19.5 Å². The van der Waals surface area contributed by atoms with Crippen LogP contribution in [0.5, 0.6) is 0 Å². The third-order valence-electron chi connectivity index (χ3n) is 2.29. The maximum absolute atomic E-state index is 11.7. The van der Waals surface area contributed by atoms with Crippen molar-refractivity contribution in [2.75, 3.05) is 20.1 Å². The van der Waals surface area contributed by atoms with E-state index in [1.54, 1.807) is 11.9 Å². The smallest absolute Gasteiger partial charge is 0.239 e. The average Bonchev–Trinajstić information content (AvgIpc) is 2.49. The zero-order valence-electron chi connectivity index (χ0n) is 8.79. The van der Waals surface area contributed by atoms with E-state index >= 15 is 0 Å². The average molecular weight is 198 g/mol. The second-order valence-corrected chi connectivity index (χ2v) is 4.00. The molecule has 1 amide bonds. The van der Waals surface area contributed by atoms with Gasteiger partial charge in [0.15, 0.2) is 0 Å². The largest absolute Gasteiger partial charge is 0.392 e. The van der Waals surface area contributed by atoms with Crippen molar-refractivity contribution in [1.82, 2.24) is 10.2 Å². The molecule has 1 heterocycles. The number of carbonyl (C=O) groups is 1. The van der Waals surface area contributed by atoms with Crippen LogP contribution >= 0.6 is 0 Å². The summed E-state index contributed by atoms with van der Waals surface area (Å²) in [6.07, 6.45) is 0.126. The molecule has 1 fully saturated rings. The van der Waals surface area contributed by atoms with Crippen molar-refractivity contribution in [1.29, 1.82) is 0 Å². The van der Waals surface area contributed by atoms with Gasteiger partial charge in [-0.2, -0.15) is 0 Å². The van der Waals surface area contributed by atoms with Crippen molar-refractivity contribution in [3.05, 3.63) is 12.2 Å². The van der Waals surface area contributed by atoms with Crippen LogP contribution in [0.3, 0.4) is 0 Å². The van der Waals surface area contributed by atoms with Gasteiger partial charge in [-0.3, -0.25) is 4.79 Å². The van der Waals surface area contributed by atoms with E-state index in [4.69, 9.17) is 0 Å². The lowest BCUT2D eigenvalue weighted by Gasteiger charge is -2.20. The minimum absolute atomic E-state index is 0.0320. The van der Waals surface area contributed by atoms with Gasteiger partial charge in [0.25, 0.3) is 0 Å². The van der Waals surface area contributed by atoms with Crippen LogP contribution in [-0.4, -0.2) is 48.2 Å². The first-order chi connectivity index (χ1) is 6.50. The number of nitrogens with zero attached hydrogens (tertiary/aromatic N) is 1. The number of hydrogen-bond donors (Lipinski definition) is 2. The summed E-state index contributed by atoms with van der Waals surface area (Å²) in [4.78, 5) is 13.4. The number of aliphatic hydroxyl groups is 1. The number of amides is 1. The van der Waals surface area contributed by atoms with Crippen LogP contribution in [0.15, 0.2) is 12.2 Å². The van der Waals surface area contributed by atoms with Crippen LogP contribution < -0.4 is 5.32 Å². The number of aliphatic hydroxyl groups excluding tert-OH is 1. The van der Waals surface area contributed by atoms with E-state index in [2.05, 4.69) is 11.9 Å². The first kappa shape index (κ1) is 11.2. The van der Waals surface area contributed by atoms with E-state index in [1.165, 1.54) is 0 Å². The van der Waals surface area contributed by atoms with Gasteiger partial charge in [-0.15, -0.1) is 0 Å². The normalized spacial score (nSPS) is 26.2. The third-order valence-corrected chi connectivity index (χ3v) is 2.29. The minimum atomic E-state index is -0.387. The van der Waals surface area contributed by atoms with E-state index < -0.39 is 0 Å². The van der Waals surface area contributed by atoms with Gasteiger partial charge in [0, 0.05) is 20.1 Å². The lowest BCUT2D eigenvalue weighted by atomic mass is 10.2. The fourth-order valence-corrected chi connectivity index (χ4v) is 1.65. The monoisotopic (exact) mass is 198 g/mol. The van der Waals surface area contributed by atoms with Crippen LogP contribution in [-0.2, 0) is 4.79 Å². The summed E-state index contributed by atoms with van der Waals surface area (Å²) in [6.45, 7) is 6.73. The molecule has 1 saturated heterocycles. The van der Waals surface area contributed by atoms with E-state index in [1.807, 2.05) is 6.92 Å². The molecule has 0 aromatic carbocycles. The highest BCUT2D eigenvalue weighted by Gasteiger charge is 2.29.